The summed E-state index contributed by atoms with van der Waals surface area (Å²) in [6.45, 7) is 1.42. The highest BCUT2D eigenvalue weighted by molar-refractivity contribution is 6.05. The molecule has 0 saturated heterocycles. The predicted octanol–water partition coefficient (Wildman–Crippen LogP) is 2.68. The fourth-order valence-electron chi connectivity index (χ4n) is 1.92. The topological polar surface area (TPSA) is 84.5 Å². The van der Waals surface area contributed by atoms with E-state index in [0.717, 1.165) is 0 Å². The van der Waals surface area contributed by atoms with Crippen LogP contribution in [0.5, 0.6) is 0 Å². The first-order chi connectivity index (χ1) is 11.0. The number of esters is 1. The molecule has 0 saturated carbocycles. The molecule has 2 rings (SSSR count). The second-order valence-electron chi connectivity index (χ2n) is 4.78. The average Bonchev–Trinajstić information content (AvgIpc) is 2.55. The summed E-state index contributed by atoms with van der Waals surface area (Å²) in [5.41, 5.74) is 2.05. The van der Waals surface area contributed by atoms with Crippen molar-refractivity contribution >= 4 is 29.2 Å². The van der Waals surface area contributed by atoms with Crippen LogP contribution in [0, 0.1) is 0 Å². The zero-order valence-electron chi connectivity index (χ0n) is 12.8. The van der Waals surface area contributed by atoms with Crippen LogP contribution >= 0.6 is 0 Å². The highest BCUT2D eigenvalue weighted by atomic mass is 16.5. The maximum Gasteiger partial charge on any atom is 0.337 e. The van der Waals surface area contributed by atoms with E-state index in [1.165, 1.54) is 26.2 Å². The van der Waals surface area contributed by atoms with Crippen molar-refractivity contribution in [3.8, 4) is 0 Å². The second kappa shape index (κ2) is 7.22. The van der Waals surface area contributed by atoms with Gasteiger partial charge in [0.2, 0.25) is 5.91 Å². The van der Waals surface area contributed by atoms with E-state index >= 15 is 0 Å². The molecule has 0 aromatic heterocycles. The van der Waals surface area contributed by atoms with Gasteiger partial charge in [-0.15, -0.1) is 0 Å². The van der Waals surface area contributed by atoms with Crippen molar-refractivity contribution in [3.05, 3.63) is 59.7 Å². The van der Waals surface area contributed by atoms with Crippen molar-refractivity contribution in [2.75, 3.05) is 17.7 Å². The van der Waals surface area contributed by atoms with Gasteiger partial charge in [-0.1, -0.05) is 0 Å². The monoisotopic (exact) mass is 312 g/mol. The van der Waals surface area contributed by atoms with Gasteiger partial charge in [0.25, 0.3) is 5.91 Å². The van der Waals surface area contributed by atoms with Gasteiger partial charge in [0.1, 0.15) is 0 Å². The van der Waals surface area contributed by atoms with E-state index in [9.17, 15) is 14.4 Å². The van der Waals surface area contributed by atoms with Crippen LogP contribution in [-0.2, 0) is 9.53 Å². The number of hydrogen-bond acceptors (Lipinski definition) is 4. The summed E-state index contributed by atoms with van der Waals surface area (Å²) >= 11 is 0. The van der Waals surface area contributed by atoms with E-state index in [2.05, 4.69) is 15.4 Å². The summed E-state index contributed by atoms with van der Waals surface area (Å²) < 4.78 is 4.60. The fraction of sp³-hybridized carbons (Fsp3) is 0.118. The van der Waals surface area contributed by atoms with E-state index in [1.807, 2.05) is 0 Å². The molecule has 0 heterocycles. The van der Waals surface area contributed by atoms with Gasteiger partial charge >= 0.3 is 5.97 Å². The maximum atomic E-state index is 12.1. The minimum Gasteiger partial charge on any atom is -0.465 e. The molecule has 6 nitrogen and oxygen atoms in total. The van der Waals surface area contributed by atoms with Crippen molar-refractivity contribution in [1.82, 2.24) is 0 Å². The molecule has 2 aromatic carbocycles. The van der Waals surface area contributed by atoms with Crippen LogP contribution in [0.2, 0.25) is 0 Å². The van der Waals surface area contributed by atoms with E-state index in [-0.39, 0.29) is 11.8 Å². The summed E-state index contributed by atoms with van der Waals surface area (Å²) in [4.78, 5) is 34.4. The number of amides is 2. The summed E-state index contributed by atoms with van der Waals surface area (Å²) in [6, 6.07) is 12.9. The van der Waals surface area contributed by atoms with E-state index < -0.39 is 5.97 Å². The minimum atomic E-state index is -0.453. The minimum absolute atomic E-state index is 0.160. The molecule has 2 N–H and O–H groups in total. The van der Waals surface area contributed by atoms with Crippen LogP contribution in [-0.4, -0.2) is 24.9 Å². The van der Waals surface area contributed by atoms with Gasteiger partial charge < -0.3 is 15.4 Å². The number of nitrogens with one attached hydrogen (secondary N) is 2. The number of ether oxygens (including phenoxy) is 1. The Hall–Kier alpha value is -3.15. The lowest BCUT2D eigenvalue weighted by Gasteiger charge is -2.07. The lowest BCUT2D eigenvalue weighted by Crippen LogP contribution is -2.12. The molecule has 0 unspecified atom stereocenters. The molecule has 0 spiro atoms. The Morgan fingerprint density at radius 1 is 0.783 bits per heavy atom. The number of carbonyl (C=O) groups excluding carboxylic acids is 3. The Morgan fingerprint density at radius 2 is 1.26 bits per heavy atom. The van der Waals surface area contributed by atoms with Crippen molar-refractivity contribution in [2.45, 2.75) is 6.92 Å². The third kappa shape index (κ3) is 4.41. The Kier molecular flexibility index (Phi) is 5.09. The Labute approximate surface area is 133 Å². The summed E-state index contributed by atoms with van der Waals surface area (Å²) in [5.74, 6) is -0.910. The maximum absolute atomic E-state index is 12.1. The number of hydrogen-bond donors (Lipinski definition) is 2. The van der Waals surface area contributed by atoms with Gasteiger partial charge in [0, 0.05) is 23.9 Å². The molecule has 0 radical (unpaired) electrons. The quantitative estimate of drug-likeness (QED) is 0.850. The summed E-state index contributed by atoms with van der Waals surface area (Å²) in [7, 11) is 1.30. The highest BCUT2D eigenvalue weighted by Gasteiger charge is 2.09. The molecule has 6 heteroatoms. The molecule has 0 bridgehead atoms. The number of methoxy groups -OCH3 is 1. The van der Waals surface area contributed by atoms with E-state index in [0.29, 0.717) is 22.5 Å². The predicted molar refractivity (Wildman–Crippen MR) is 86.5 cm³/mol. The van der Waals surface area contributed by atoms with Crippen molar-refractivity contribution in [1.29, 1.82) is 0 Å². The Morgan fingerprint density at radius 3 is 1.74 bits per heavy atom. The SMILES string of the molecule is COC(=O)c1ccc(C(=O)Nc2ccc(NC(C)=O)cc2)cc1. The smallest absolute Gasteiger partial charge is 0.337 e. The third-order valence-corrected chi connectivity index (χ3v) is 3.03. The fourth-order valence-corrected chi connectivity index (χ4v) is 1.92. The van der Waals surface area contributed by atoms with Gasteiger partial charge in [-0.25, -0.2) is 4.79 Å². The summed E-state index contributed by atoms with van der Waals surface area (Å²) in [5, 5.41) is 5.38. The van der Waals surface area contributed by atoms with Gasteiger partial charge in [-0.2, -0.15) is 0 Å². The molecule has 0 aliphatic rings. The third-order valence-electron chi connectivity index (χ3n) is 3.03. The highest BCUT2D eigenvalue weighted by Crippen LogP contribution is 2.15. The van der Waals surface area contributed by atoms with Gasteiger partial charge in [-0.3, -0.25) is 9.59 Å². The second-order valence-corrected chi connectivity index (χ2v) is 4.78. The van der Waals surface area contributed by atoms with E-state index in [1.54, 1.807) is 36.4 Å². The first-order valence-corrected chi connectivity index (χ1v) is 6.87. The number of benzene rings is 2. The van der Waals surface area contributed by atoms with Gasteiger partial charge in [-0.05, 0) is 48.5 Å². The lowest BCUT2D eigenvalue weighted by molar-refractivity contribution is -0.114. The zero-order valence-corrected chi connectivity index (χ0v) is 12.8. The van der Waals surface area contributed by atoms with Crippen molar-refractivity contribution in [3.63, 3.8) is 0 Å². The zero-order chi connectivity index (χ0) is 16.8. The number of carbonyl (C=O) groups is 3. The summed E-state index contributed by atoms with van der Waals surface area (Å²) in [6.07, 6.45) is 0. The van der Waals surface area contributed by atoms with E-state index in [4.69, 9.17) is 0 Å². The molecule has 23 heavy (non-hydrogen) atoms. The van der Waals surface area contributed by atoms with Gasteiger partial charge in [0.15, 0.2) is 0 Å². The molecule has 0 atom stereocenters. The molecular formula is C17H16N2O4. The largest absolute Gasteiger partial charge is 0.465 e. The first-order valence-electron chi connectivity index (χ1n) is 6.87. The van der Waals surface area contributed by atoms with Crippen LogP contribution in [0.1, 0.15) is 27.6 Å². The molecule has 0 fully saturated rings. The molecule has 118 valence electrons. The normalized spacial score (nSPS) is 9.83. The van der Waals surface area contributed by atoms with Crippen molar-refractivity contribution < 1.29 is 19.1 Å². The average molecular weight is 312 g/mol. The van der Waals surface area contributed by atoms with Crippen molar-refractivity contribution in [2.24, 2.45) is 0 Å². The molecule has 2 amide bonds. The van der Waals surface area contributed by atoms with Gasteiger partial charge in [0.05, 0.1) is 12.7 Å². The van der Waals surface area contributed by atoms with Crippen LogP contribution in [0.4, 0.5) is 11.4 Å². The van der Waals surface area contributed by atoms with Crippen LogP contribution in [0.25, 0.3) is 0 Å². The molecular weight excluding hydrogens is 296 g/mol. The Balaban J connectivity index is 2.03. The Bertz CT molecular complexity index is 721. The van der Waals surface area contributed by atoms with Crippen LogP contribution in [0.15, 0.2) is 48.5 Å². The number of rotatable bonds is 4. The van der Waals surface area contributed by atoms with Crippen LogP contribution in [0.3, 0.4) is 0 Å². The lowest BCUT2D eigenvalue weighted by atomic mass is 10.1. The molecule has 0 aliphatic carbocycles. The molecule has 0 aliphatic heterocycles. The van der Waals surface area contributed by atoms with Crippen LogP contribution < -0.4 is 10.6 Å². The standard InChI is InChI=1S/C17H16N2O4/c1-11(20)18-14-7-9-15(10-8-14)19-16(21)12-3-5-13(6-4-12)17(22)23-2/h3-10H,1-2H3,(H,18,20)(H,19,21). The first kappa shape index (κ1) is 16.2. The molecule has 2 aromatic rings. The number of anilines is 2.